The summed E-state index contributed by atoms with van der Waals surface area (Å²) in [7, 11) is 0. The molecule has 0 saturated carbocycles. The lowest BCUT2D eigenvalue weighted by molar-refractivity contribution is 0.102. The van der Waals surface area contributed by atoms with Crippen LogP contribution in [0.3, 0.4) is 0 Å². The topological polar surface area (TPSA) is 87.2 Å². The number of rotatable bonds is 5. The first-order chi connectivity index (χ1) is 13.5. The van der Waals surface area contributed by atoms with Gasteiger partial charge in [0.05, 0.1) is 0 Å². The lowest BCUT2D eigenvalue weighted by Gasteiger charge is -2.32. The van der Waals surface area contributed by atoms with Crippen molar-refractivity contribution in [3.63, 3.8) is 0 Å². The Morgan fingerprint density at radius 1 is 1.32 bits per heavy atom. The highest BCUT2D eigenvalue weighted by atomic mass is 35.5. The zero-order valence-electron chi connectivity index (χ0n) is 15.9. The molecule has 0 unspecified atom stereocenters. The molecule has 0 spiro atoms. The normalized spacial score (nSPS) is 17.8. The third-order valence-electron chi connectivity index (χ3n) is 4.78. The van der Waals surface area contributed by atoms with Crippen molar-refractivity contribution in [2.75, 3.05) is 18.4 Å². The van der Waals surface area contributed by atoms with E-state index in [0.717, 1.165) is 30.8 Å². The Kier molecular flexibility index (Phi) is 6.85. The number of likely N-dealkylation sites (tertiary alicyclic amines) is 1. The molecule has 1 aliphatic heterocycles. The number of anilines is 1. The number of halogens is 1. The number of hydrogen-bond donors (Lipinski definition) is 2. The lowest BCUT2D eigenvalue weighted by Crippen LogP contribution is -2.47. The van der Waals surface area contributed by atoms with E-state index < -0.39 is 0 Å². The molecule has 1 fully saturated rings. The fourth-order valence-corrected chi connectivity index (χ4v) is 3.97. The van der Waals surface area contributed by atoms with Crippen molar-refractivity contribution >= 4 is 40.6 Å². The maximum Gasteiger partial charge on any atom is 0.317 e. The quantitative estimate of drug-likeness (QED) is 0.759. The van der Waals surface area contributed by atoms with E-state index in [4.69, 9.17) is 11.6 Å². The van der Waals surface area contributed by atoms with Crippen molar-refractivity contribution < 1.29 is 9.59 Å². The Hall–Kier alpha value is -2.19. The van der Waals surface area contributed by atoms with Gasteiger partial charge in [0.1, 0.15) is 5.01 Å². The van der Waals surface area contributed by atoms with Crippen LogP contribution in [0.15, 0.2) is 24.3 Å². The number of carbonyl (C=O) groups is 2. The highest BCUT2D eigenvalue weighted by Gasteiger charge is 2.28. The van der Waals surface area contributed by atoms with Crippen LogP contribution in [0.5, 0.6) is 0 Å². The molecule has 0 aliphatic carbocycles. The molecule has 2 heterocycles. The van der Waals surface area contributed by atoms with Crippen LogP contribution in [-0.4, -0.2) is 46.2 Å². The fourth-order valence-electron chi connectivity index (χ4n) is 2.98. The van der Waals surface area contributed by atoms with Crippen LogP contribution >= 0.6 is 22.9 Å². The van der Waals surface area contributed by atoms with E-state index in [0.29, 0.717) is 22.3 Å². The molecule has 2 atom stereocenters. The van der Waals surface area contributed by atoms with Gasteiger partial charge in [-0.05, 0) is 50.5 Å². The van der Waals surface area contributed by atoms with Gasteiger partial charge in [-0.3, -0.25) is 4.79 Å². The Balaban J connectivity index is 1.61. The van der Waals surface area contributed by atoms with Gasteiger partial charge in [0.15, 0.2) is 0 Å². The standard InChI is InChI=1S/C19H24ClN5O2S/c1-3-12(2)21-19(27)25-10-4-5-13(11-25)17-23-24-18(28-17)16(26)22-15-8-6-14(20)7-9-15/h6-9,12-13H,3-5,10-11H2,1-2H3,(H,21,27)(H,22,26)/t12-,13-/m0/s1. The molecular formula is C19H24ClN5O2S. The van der Waals surface area contributed by atoms with Crippen molar-refractivity contribution in [1.82, 2.24) is 20.4 Å². The number of aromatic nitrogens is 2. The summed E-state index contributed by atoms with van der Waals surface area (Å²) in [5.74, 6) is -0.195. The van der Waals surface area contributed by atoms with Gasteiger partial charge in [0.25, 0.3) is 5.91 Å². The van der Waals surface area contributed by atoms with Crippen LogP contribution in [-0.2, 0) is 0 Å². The van der Waals surface area contributed by atoms with Gasteiger partial charge in [-0.1, -0.05) is 29.9 Å². The van der Waals surface area contributed by atoms with Crippen LogP contribution in [0, 0.1) is 0 Å². The Morgan fingerprint density at radius 3 is 2.79 bits per heavy atom. The van der Waals surface area contributed by atoms with Crippen LogP contribution < -0.4 is 10.6 Å². The summed E-state index contributed by atoms with van der Waals surface area (Å²) in [6.45, 7) is 5.37. The second kappa shape index (κ2) is 9.34. The summed E-state index contributed by atoms with van der Waals surface area (Å²) < 4.78 is 0. The van der Waals surface area contributed by atoms with Crippen molar-refractivity contribution in [1.29, 1.82) is 0 Å². The van der Waals surface area contributed by atoms with Crippen LogP contribution in [0.2, 0.25) is 5.02 Å². The van der Waals surface area contributed by atoms with E-state index in [-0.39, 0.29) is 23.9 Å². The van der Waals surface area contributed by atoms with Crippen LogP contribution in [0.4, 0.5) is 10.5 Å². The van der Waals surface area contributed by atoms with Crippen LogP contribution in [0.1, 0.15) is 53.8 Å². The van der Waals surface area contributed by atoms with E-state index in [9.17, 15) is 9.59 Å². The Bertz CT molecular complexity index is 826. The van der Waals surface area contributed by atoms with Gasteiger partial charge in [-0.25, -0.2) is 4.79 Å². The maximum absolute atomic E-state index is 12.4. The number of piperidine rings is 1. The van der Waals surface area contributed by atoms with Crippen molar-refractivity contribution in [2.45, 2.75) is 45.1 Å². The first kappa shape index (κ1) is 20.5. The summed E-state index contributed by atoms with van der Waals surface area (Å²) in [5, 5.41) is 15.8. The Labute approximate surface area is 173 Å². The summed E-state index contributed by atoms with van der Waals surface area (Å²) in [4.78, 5) is 26.6. The lowest BCUT2D eigenvalue weighted by atomic mass is 9.99. The first-order valence-electron chi connectivity index (χ1n) is 9.42. The number of amides is 3. The maximum atomic E-state index is 12.4. The van der Waals surface area contributed by atoms with E-state index in [1.54, 1.807) is 24.3 Å². The third-order valence-corrected chi connectivity index (χ3v) is 6.11. The second-order valence-electron chi connectivity index (χ2n) is 6.95. The summed E-state index contributed by atoms with van der Waals surface area (Å²) in [5.41, 5.74) is 0.650. The molecule has 1 aliphatic rings. The third kappa shape index (κ3) is 5.20. The van der Waals surface area contributed by atoms with Crippen molar-refractivity contribution in [3.05, 3.63) is 39.3 Å². The molecule has 3 amide bonds. The smallest absolute Gasteiger partial charge is 0.317 e. The number of benzene rings is 1. The van der Waals surface area contributed by atoms with E-state index in [2.05, 4.69) is 20.8 Å². The van der Waals surface area contributed by atoms with Crippen molar-refractivity contribution in [3.8, 4) is 0 Å². The number of nitrogens with one attached hydrogen (secondary N) is 2. The summed E-state index contributed by atoms with van der Waals surface area (Å²) >= 11 is 7.14. The second-order valence-corrected chi connectivity index (χ2v) is 8.40. The van der Waals surface area contributed by atoms with E-state index >= 15 is 0 Å². The van der Waals surface area contributed by atoms with Gasteiger partial charge in [-0.15, -0.1) is 10.2 Å². The zero-order valence-corrected chi connectivity index (χ0v) is 17.5. The van der Waals surface area contributed by atoms with Crippen molar-refractivity contribution in [2.24, 2.45) is 0 Å². The summed E-state index contributed by atoms with van der Waals surface area (Å²) in [6, 6.07) is 7.00. The fraction of sp³-hybridized carbons (Fsp3) is 0.474. The highest BCUT2D eigenvalue weighted by Crippen LogP contribution is 2.29. The van der Waals surface area contributed by atoms with E-state index in [1.165, 1.54) is 11.3 Å². The molecule has 9 heteroatoms. The summed E-state index contributed by atoms with van der Waals surface area (Å²) in [6.07, 6.45) is 2.73. The predicted octanol–water partition coefficient (Wildman–Crippen LogP) is 4.13. The molecule has 2 aromatic rings. The number of urea groups is 1. The number of nitrogens with zero attached hydrogens (tertiary/aromatic N) is 3. The minimum Gasteiger partial charge on any atom is -0.336 e. The van der Waals surface area contributed by atoms with Crippen LogP contribution in [0.25, 0.3) is 0 Å². The largest absolute Gasteiger partial charge is 0.336 e. The molecule has 1 aromatic carbocycles. The number of hydrogen-bond acceptors (Lipinski definition) is 5. The molecule has 0 bridgehead atoms. The predicted molar refractivity (Wildman–Crippen MR) is 111 cm³/mol. The molecule has 150 valence electrons. The number of carbonyl (C=O) groups excluding carboxylic acids is 2. The Morgan fingerprint density at radius 2 is 2.07 bits per heavy atom. The van der Waals surface area contributed by atoms with E-state index in [1.807, 2.05) is 18.7 Å². The average molecular weight is 422 g/mol. The molecule has 0 radical (unpaired) electrons. The van der Waals surface area contributed by atoms with Gasteiger partial charge < -0.3 is 15.5 Å². The minimum absolute atomic E-state index is 0.0377. The minimum atomic E-state index is -0.298. The highest BCUT2D eigenvalue weighted by molar-refractivity contribution is 7.13. The van der Waals surface area contributed by atoms with Gasteiger partial charge in [0.2, 0.25) is 5.01 Å². The molecule has 28 heavy (non-hydrogen) atoms. The molecule has 2 N–H and O–H groups in total. The van der Waals surface area contributed by atoms with Gasteiger partial charge in [-0.2, -0.15) is 0 Å². The SMILES string of the molecule is CC[C@H](C)NC(=O)N1CCC[C@H](c2nnc(C(=O)Nc3ccc(Cl)cc3)s2)C1. The van der Waals surface area contributed by atoms with Gasteiger partial charge in [0, 0.05) is 35.8 Å². The molecule has 1 saturated heterocycles. The molecule has 1 aromatic heterocycles. The molecule has 3 rings (SSSR count). The monoisotopic (exact) mass is 421 g/mol. The molecular weight excluding hydrogens is 398 g/mol. The average Bonchev–Trinajstić information content (AvgIpc) is 3.20. The van der Waals surface area contributed by atoms with Gasteiger partial charge >= 0.3 is 6.03 Å². The first-order valence-corrected chi connectivity index (χ1v) is 10.6. The molecule has 7 nitrogen and oxygen atoms in total. The zero-order chi connectivity index (χ0) is 20.1.